The number of rotatable bonds is 6. The molecule has 1 atom stereocenters. The number of nitrogens with two attached hydrogens (primary N) is 1. The summed E-state index contributed by atoms with van der Waals surface area (Å²) in [7, 11) is 0. The lowest BCUT2D eigenvalue weighted by molar-refractivity contribution is 0.325. The van der Waals surface area contributed by atoms with Gasteiger partial charge in [-0.2, -0.15) is 0 Å². The fourth-order valence-electron chi connectivity index (χ4n) is 1.26. The molecule has 1 aromatic heterocycles. The van der Waals surface area contributed by atoms with Crippen LogP contribution in [0.5, 0.6) is 5.75 Å². The molecule has 86 valence electrons. The van der Waals surface area contributed by atoms with Crippen molar-refractivity contribution in [3.8, 4) is 18.1 Å². The van der Waals surface area contributed by atoms with Gasteiger partial charge in [-0.05, 0) is 18.6 Å². The molecule has 0 amide bonds. The number of aromatic nitrogens is 1. The molecule has 0 saturated carbocycles. The van der Waals surface area contributed by atoms with Gasteiger partial charge >= 0.3 is 0 Å². The molecule has 0 aliphatic carbocycles. The summed E-state index contributed by atoms with van der Waals surface area (Å²) in [5.41, 5.74) is 6.85. The second kappa shape index (κ2) is 6.86. The van der Waals surface area contributed by atoms with E-state index >= 15 is 0 Å². The summed E-state index contributed by atoms with van der Waals surface area (Å²) in [6, 6.07) is 4.03. The van der Waals surface area contributed by atoms with E-state index in [1.54, 1.807) is 6.20 Å². The average Bonchev–Trinajstić information content (AvgIpc) is 2.31. The summed E-state index contributed by atoms with van der Waals surface area (Å²) >= 11 is 0. The minimum absolute atomic E-state index is 0.181. The Labute approximate surface area is 97.0 Å². The fraction of sp³-hybridized carbons (Fsp3) is 0.462. The molecule has 0 saturated heterocycles. The summed E-state index contributed by atoms with van der Waals surface area (Å²) in [5, 5.41) is 0. The first kappa shape index (κ1) is 12.5. The number of hydrogen-bond donors (Lipinski definition) is 1. The van der Waals surface area contributed by atoms with Gasteiger partial charge in [0.2, 0.25) is 0 Å². The van der Waals surface area contributed by atoms with Crippen molar-refractivity contribution in [1.82, 2.24) is 4.98 Å². The molecule has 1 heterocycles. The maximum atomic E-state index is 5.85. The lowest BCUT2D eigenvalue weighted by atomic mass is 10.1. The molecular weight excluding hydrogens is 200 g/mol. The third kappa shape index (κ3) is 4.33. The van der Waals surface area contributed by atoms with E-state index < -0.39 is 0 Å². The van der Waals surface area contributed by atoms with Crippen molar-refractivity contribution in [3.63, 3.8) is 0 Å². The van der Waals surface area contributed by atoms with Crippen LogP contribution < -0.4 is 10.5 Å². The molecule has 0 aliphatic heterocycles. The minimum atomic E-state index is 0.181. The van der Waals surface area contributed by atoms with Gasteiger partial charge < -0.3 is 10.5 Å². The van der Waals surface area contributed by atoms with Crippen LogP contribution in [0.2, 0.25) is 0 Å². The van der Waals surface area contributed by atoms with E-state index in [9.17, 15) is 0 Å². The van der Waals surface area contributed by atoms with Crippen LogP contribution >= 0.6 is 0 Å². The summed E-state index contributed by atoms with van der Waals surface area (Å²) < 4.78 is 5.40. The maximum Gasteiger partial charge on any atom is 0.137 e. The summed E-state index contributed by atoms with van der Waals surface area (Å²) in [4.78, 5) is 4.29. The average molecular weight is 218 g/mol. The number of hydrogen-bond acceptors (Lipinski definition) is 3. The van der Waals surface area contributed by atoms with Crippen LogP contribution in [0, 0.1) is 12.3 Å². The third-order valence-electron chi connectivity index (χ3n) is 2.31. The molecule has 3 nitrogen and oxygen atoms in total. The van der Waals surface area contributed by atoms with Crippen molar-refractivity contribution in [2.45, 2.75) is 32.2 Å². The summed E-state index contributed by atoms with van der Waals surface area (Å²) in [6.45, 7) is 2.61. The smallest absolute Gasteiger partial charge is 0.137 e. The molecule has 1 unspecified atom stereocenters. The van der Waals surface area contributed by atoms with Gasteiger partial charge in [0, 0.05) is 24.6 Å². The van der Waals surface area contributed by atoms with E-state index in [4.69, 9.17) is 16.9 Å². The van der Waals surface area contributed by atoms with Gasteiger partial charge in [-0.1, -0.05) is 6.92 Å². The first-order valence-electron chi connectivity index (χ1n) is 5.53. The molecule has 0 aromatic carbocycles. The molecule has 2 N–H and O–H groups in total. The standard InChI is InChI=1S/C13H18N2O/c1-3-5-8-16-13-7-6-12(15-10-13)9-11(14)4-2/h1,6-7,10-11H,4-5,8-9,14H2,2H3. The highest BCUT2D eigenvalue weighted by Gasteiger charge is 2.02. The molecule has 1 aromatic rings. The summed E-state index contributed by atoms with van der Waals surface area (Å²) in [6.07, 6.45) is 9.22. The Morgan fingerprint density at radius 3 is 2.94 bits per heavy atom. The number of pyridine rings is 1. The Balaban J connectivity index is 2.45. The van der Waals surface area contributed by atoms with Crippen LogP contribution in [0.4, 0.5) is 0 Å². The number of ether oxygens (including phenoxy) is 1. The molecular formula is C13H18N2O. The van der Waals surface area contributed by atoms with Crippen molar-refractivity contribution in [3.05, 3.63) is 24.0 Å². The van der Waals surface area contributed by atoms with Crippen LogP contribution in [0.15, 0.2) is 18.3 Å². The van der Waals surface area contributed by atoms with Crippen molar-refractivity contribution in [1.29, 1.82) is 0 Å². The number of nitrogens with zero attached hydrogens (tertiary/aromatic N) is 1. The van der Waals surface area contributed by atoms with Crippen molar-refractivity contribution in [2.24, 2.45) is 5.73 Å². The second-order valence-electron chi connectivity index (χ2n) is 3.66. The van der Waals surface area contributed by atoms with E-state index in [-0.39, 0.29) is 6.04 Å². The van der Waals surface area contributed by atoms with E-state index in [0.29, 0.717) is 13.0 Å². The zero-order chi connectivity index (χ0) is 11.8. The molecule has 16 heavy (non-hydrogen) atoms. The first-order chi connectivity index (χ1) is 7.76. The highest BCUT2D eigenvalue weighted by molar-refractivity contribution is 5.20. The molecule has 0 bridgehead atoms. The van der Waals surface area contributed by atoms with E-state index in [1.165, 1.54) is 0 Å². The van der Waals surface area contributed by atoms with Crippen LogP contribution in [-0.2, 0) is 6.42 Å². The largest absolute Gasteiger partial charge is 0.491 e. The Hall–Kier alpha value is -1.53. The van der Waals surface area contributed by atoms with Crippen molar-refractivity contribution >= 4 is 0 Å². The van der Waals surface area contributed by atoms with Crippen LogP contribution in [0.3, 0.4) is 0 Å². The minimum Gasteiger partial charge on any atom is -0.491 e. The maximum absolute atomic E-state index is 5.85. The molecule has 0 aliphatic rings. The van der Waals surface area contributed by atoms with E-state index in [2.05, 4.69) is 17.8 Å². The fourth-order valence-corrected chi connectivity index (χ4v) is 1.26. The predicted molar refractivity (Wildman–Crippen MR) is 65.2 cm³/mol. The lowest BCUT2D eigenvalue weighted by Crippen LogP contribution is -2.21. The zero-order valence-corrected chi connectivity index (χ0v) is 9.65. The molecule has 0 radical (unpaired) electrons. The number of terminal acetylenes is 1. The Bertz CT molecular complexity index is 340. The zero-order valence-electron chi connectivity index (χ0n) is 9.65. The molecule has 0 fully saturated rings. The molecule has 1 rings (SSSR count). The van der Waals surface area contributed by atoms with E-state index in [1.807, 2.05) is 12.1 Å². The van der Waals surface area contributed by atoms with Gasteiger partial charge in [0.05, 0.1) is 12.8 Å². The van der Waals surface area contributed by atoms with E-state index in [0.717, 1.165) is 24.3 Å². The lowest BCUT2D eigenvalue weighted by Gasteiger charge is -2.08. The Kier molecular flexibility index (Phi) is 5.38. The van der Waals surface area contributed by atoms with Gasteiger partial charge in [-0.3, -0.25) is 4.98 Å². The quantitative estimate of drug-likeness (QED) is 0.584. The third-order valence-corrected chi connectivity index (χ3v) is 2.31. The SMILES string of the molecule is C#CCCOc1ccc(CC(N)CC)nc1. The summed E-state index contributed by atoms with van der Waals surface area (Å²) in [5.74, 6) is 3.27. The first-order valence-corrected chi connectivity index (χ1v) is 5.53. The van der Waals surface area contributed by atoms with Crippen LogP contribution in [0.25, 0.3) is 0 Å². The van der Waals surface area contributed by atoms with Gasteiger partial charge in [0.15, 0.2) is 0 Å². The predicted octanol–water partition coefficient (Wildman–Crippen LogP) is 1.76. The highest BCUT2D eigenvalue weighted by atomic mass is 16.5. The van der Waals surface area contributed by atoms with Gasteiger partial charge in [0.1, 0.15) is 5.75 Å². The van der Waals surface area contributed by atoms with Gasteiger partial charge in [-0.25, -0.2) is 0 Å². The van der Waals surface area contributed by atoms with Crippen molar-refractivity contribution < 1.29 is 4.74 Å². The molecule has 3 heteroatoms. The highest BCUT2D eigenvalue weighted by Crippen LogP contribution is 2.10. The normalized spacial score (nSPS) is 11.8. The van der Waals surface area contributed by atoms with Crippen LogP contribution in [-0.4, -0.2) is 17.6 Å². The van der Waals surface area contributed by atoms with Gasteiger partial charge in [0.25, 0.3) is 0 Å². The second-order valence-corrected chi connectivity index (χ2v) is 3.66. The molecule has 0 spiro atoms. The Morgan fingerprint density at radius 2 is 2.38 bits per heavy atom. The topological polar surface area (TPSA) is 48.1 Å². The van der Waals surface area contributed by atoms with Crippen LogP contribution in [0.1, 0.15) is 25.5 Å². The van der Waals surface area contributed by atoms with Crippen molar-refractivity contribution in [2.75, 3.05) is 6.61 Å². The monoisotopic (exact) mass is 218 g/mol. The Morgan fingerprint density at radius 1 is 1.56 bits per heavy atom. The van der Waals surface area contributed by atoms with Gasteiger partial charge in [-0.15, -0.1) is 12.3 Å².